The maximum atomic E-state index is 6.34. The van der Waals surface area contributed by atoms with Crippen LogP contribution in [0.15, 0.2) is 42.5 Å². The minimum absolute atomic E-state index is 0.550. The van der Waals surface area contributed by atoms with Crippen LogP contribution in [0.5, 0.6) is 11.5 Å². The van der Waals surface area contributed by atoms with Crippen molar-refractivity contribution >= 4 is 11.6 Å². The molecule has 3 rings (SSSR count). The van der Waals surface area contributed by atoms with Crippen molar-refractivity contribution in [1.29, 1.82) is 0 Å². The highest BCUT2D eigenvalue weighted by Gasteiger charge is 2.14. The van der Waals surface area contributed by atoms with Gasteiger partial charge >= 0.3 is 0 Å². The van der Waals surface area contributed by atoms with Crippen LogP contribution in [0, 0.1) is 13.8 Å². The van der Waals surface area contributed by atoms with E-state index in [1.54, 1.807) is 7.11 Å². The zero-order chi connectivity index (χ0) is 20.1. The Labute approximate surface area is 171 Å². The first-order valence-corrected chi connectivity index (χ1v) is 9.73. The summed E-state index contributed by atoms with van der Waals surface area (Å²) >= 11 is 6.34. The highest BCUT2D eigenvalue weighted by atomic mass is 35.5. The number of rotatable bonds is 8. The van der Waals surface area contributed by atoms with Crippen LogP contribution in [0.25, 0.3) is 5.69 Å². The Morgan fingerprint density at radius 2 is 1.86 bits per heavy atom. The quantitative estimate of drug-likeness (QED) is 0.588. The van der Waals surface area contributed by atoms with Crippen LogP contribution >= 0.6 is 11.6 Å². The van der Waals surface area contributed by atoms with E-state index < -0.39 is 0 Å². The average Bonchev–Trinajstić information content (AvgIpc) is 2.97. The number of para-hydroxylation sites is 1. The lowest BCUT2D eigenvalue weighted by Crippen LogP contribution is -2.14. The molecule has 0 saturated heterocycles. The highest BCUT2D eigenvalue weighted by Crippen LogP contribution is 2.36. The minimum atomic E-state index is 0.550. The normalized spacial score (nSPS) is 10.9. The number of hydrogen-bond donors (Lipinski definition) is 1. The fraction of sp³-hybridized carbons (Fsp3) is 0.318. The molecular weight excluding hydrogens is 374 g/mol. The smallest absolute Gasteiger partial charge is 0.179 e. The Hall–Kier alpha value is -2.50. The largest absolute Gasteiger partial charge is 0.491 e. The monoisotopic (exact) mass is 399 g/mol. The molecule has 1 heterocycles. The van der Waals surface area contributed by atoms with Gasteiger partial charge in [0.2, 0.25) is 0 Å². The summed E-state index contributed by atoms with van der Waals surface area (Å²) in [5, 5.41) is 8.74. The number of halogens is 1. The number of methoxy groups -OCH3 is 1. The van der Waals surface area contributed by atoms with Crippen LogP contribution in [-0.2, 0) is 13.1 Å². The summed E-state index contributed by atoms with van der Waals surface area (Å²) in [4.78, 5) is 0. The maximum Gasteiger partial charge on any atom is 0.179 e. The third kappa shape index (κ3) is 4.32. The number of aromatic nitrogens is 2. The molecule has 0 radical (unpaired) electrons. The molecule has 0 aliphatic heterocycles. The third-order valence-electron chi connectivity index (χ3n) is 4.65. The molecule has 0 spiro atoms. The van der Waals surface area contributed by atoms with E-state index >= 15 is 0 Å². The molecule has 5 nitrogen and oxygen atoms in total. The average molecular weight is 400 g/mol. The number of hydrogen-bond acceptors (Lipinski definition) is 4. The first-order chi connectivity index (χ1) is 13.5. The van der Waals surface area contributed by atoms with Crippen molar-refractivity contribution in [1.82, 2.24) is 15.1 Å². The van der Waals surface area contributed by atoms with Gasteiger partial charge in [-0.25, -0.2) is 4.68 Å². The summed E-state index contributed by atoms with van der Waals surface area (Å²) in [6.07, 6.45) is 0. The van der Waals surface area contributed by atoms with Gasteiger partial charge in [-0.3, -0.25) is 0 Å². The van der Waals surface area contributed by atoms with E-state index in [9.17, 15) is 0 Å². The maximum absolute atomic E-state index is 6.34. The number of aryl methyl sites for hydroxylation is 1. The molecule has 1 aromatic heterocycles. The van der Waals surface area contributed by atoms with E-state index in [4.69, 9.17) is 26.2 Å². The van der Waals surface area contributed by atoms with Gasteiger partial charge in [-0.2, -0.15) is 5.10 Å². The molecule has 0 aliphatic rings. The minimum Gasteiger partial charge on any atom is -0.491 e. The van der Waals surface area contributed by atoms with Crippen molar-refractivity contribution in [2.45, 2.75) is 33.9 Å². The number of benzene rings is 2. The van der Waals surface area contributed by atoms with Crippen LogP contribution in [-0.4, -0.2) is 23.5 Å². The van der Waals surface area contributed by atoms with Crippen LogP contribution < -0.4 is 14.8 Å². The number of nitrogens with zero attached hydrogens (tertiary/aromatic N) is 2. The van der Waals surface area contributed by atoms with E-state index in [1.807, 2.05) is 48.9 Å². The van der Waals surface area contributed by atoms with E-state index in [-0.39, 0.29) is 0 Å². The summed E-state index contributed by atoms with van der Waals surface area (Å²) < 4.78 is 13.0. The van der Waals surface area contributed by atoms with Gasteiger partial charge in [-0.1, -0.05) is 29.8 Å². The van der Waals surface area contributed by atoms with Crippen LogP contribution in [0.2, 0.25) is 5.02 Å². The Bertz CT molecular complexity index is 939. The Kier molecular flexibility index (Phi) is 6.60. The molecule has 1 N–H and O–H groups in total. The van der Waals surface area contributed by atoms with E-state index in [1.165, 1.54) is 5.56 Å². The molecule has 0 aliphatic carbocycles. The second-order valence-electron chi connectivity index (χ2n) is 6.54. The number of nitrogens with one attached hydrogen (secondary N) is 1. The van der Waals surface area contributed by atoms with Gasteiger partial charge in [0.05, 0.1) is 30.1 Å². The zero-order valence-electron chi connectivity index (χ0n) is 16.8. The molecule has 0 amide bonds. The molecule has 0 saturated carbocycles. The standard InChI is InChI=1S/C22H26ClN3O2/c1-5-28-21-12-17(11-20(23)22(21)27-4)13-24-14-19-15(2)25-26(16(19)3)18-9-7-6-8-10-18/h6-12,24H,5,13-14H2,1-4H3. The van der Waals surface area contributed by atoms with Crippen LogP contribution in [0.4, 0.5) is 0 Å². The van der Waals surface area contributed by atoms with Crippen molar-refractivity contribution in [3.05, 3.63) is 70.0 Å². The van der Waals surface area contributed by atoms with Gasteiger partial charge in [-0.05, 0) is 50.6 Å². The molecular formula is C22H26ClN3O2. The molecule has 0 atom stereocenters. The van der Waals surface area contributed by atoms with Crippen molar-refractivity contribution in [2.24, 2.45) is 0 Å². The zero-order valence-corrected chi connectivity index (χ0v) is 17.5. The van der Waals surface area contributed by atoms with Gasteiger partial charge < -0.3 is 14.8 Å². The van der Waals surface area contributed by atoms with Gasteiger partial charge in [0.1, 0.15) is 0 Å². The Balaban J connectivity index is 1.73. The first-order valence-electron chi connectivity index (χ1n) is 9.35. The summed E-state index contributed by atoms with van der Waals surface area (Å²) in [6, 6.07) is 14.0. The Morgan fingerprint density at radius 1 is 1.11 bits per heavy atom. The summed E-state index contributed by atoms with van der Waals surface area (Å²) in [6.45, 7) is 8.02. The molecule has 0 fully saturated rings. The molecule has 0 bridgehead atoms. The molecule has 0 unspecified atom stereocenters. The van der Waals surface area contributed by atoms with E-state index in [2.05, 4.69) is 24.4 Å². The molecule has 148 valence electrons. The van der Waals surface area contributed by atoms with Crippen molar-refractivity contribution in [3.8, 4) is 17.2 Å². The van der Waals surface area contributed by atoms with E-state index in [0.29, 0.717) is 29.7 Å². The highest BCUT2D eigenvalue weighted by molar-refractivity contribution is 6.32. The summed E-state index contributed by atoms with van der Waals surface area (Å²) in [5.74, 6) is 1.24. The lowest BCUT2D eigenvalue weighted by Gasteiger charge is -2.13. The van der Waals surface area contributed by atoms with Gasteiger partial charge in [0, 0.05) is 24.3 Å². The molecule has 28 heavy (non-hydrogen) atoms. The van der Waals surface area contributed by atoms with Gasteiger partial charge in [0.25, 0.3) is 0 Å². The second-order valence-corrected chi connectivity index (χ2v) is 6.95. The second kappa shape index (κ2) is 9.13. The fourth-order valence-corrected chi connectivity index (χ4v) is 3.58. The van der Waals surface area contributed by atoms with Gasteiger partial charge in [-0.15, -0.1) is 0 Å². The first kappa shape index (κ1) is 20.2. The predicted octanol–water partition coefficient (Wildman–Crippen LogP) is 4.84. The summed E-state index contributed by atoms with van der Waals surface area (Å²) in [7, 11) is 1.59. The third-order valence-corrected chi connectivity index (χ3v) is 4.93. The topological polar surface area (TPSA) is 48.3 Å². The lowest BCUT2D eigenvalue weighted by molar-refractivity contribution is 0.310. The lowest BCUT2D eigenvalue weighted by atomic mass is 10.1. The Morgan fingerprint density at radius 3 is 2.54 bits per heavy atom. The predicted molar refractivity (Wildman–Crippen MR) is 113 cm³/mol. The van der Waals surface area contributed by atoms with Crippen molar-refractivity contribution < 1.29 is 9.47 Å². The molecule has 2 aromatic carbocycles. The molecule has 3 aromatic rings. The van der Waals surface area contributed by atoms with E-state index in [0.717, 1.165) is 29.2 Å². The molecule has 6 heteroatoms. The SMILES string of the molecule is CCOc1cc(CNCc2c(C)nn(-c3ccccc3)c2C)cc(Cl)c1OC. The van der Waals surface area contributed by atoms with Crippen molar-refractivity contribution in [3.63, 3.8) is 0 Å². The van der Waals surface area contributed by atoms with Crippen molar-refractivity contribution in [2.75, 3.05) is 13.7 Å². The summed E-state index contributed by atoms with van der Waals surface area (Å²) in [5.41, 5.74) is 5.47. The fourth-order valence-electron chi connectivity index (χ4n) is 3.27. The van der Waals surface area contributed by atoms with Crippen LogP contribution in [0.3, 0.4) is 0 Å². The van der Waals surface area contributed by atoms with Gasteiger partial charge in [0.15, 0.2) is 11.5 Å². The van der Waals surface area contributed by atoms with Crippen LogP contribution in [0.1, 0.15) is 29.4 Å². The number of ether oxygens (including phenoxy) is 2.